The number of rotatable bonds is 8. The van der Waals surface area contributed by atoms with Gasteiger partial charge < -0.3 is 5.11 Å². The van der Waals surface area contributed by atoms with Gasteiger partial charge in [-0.15, -0.1) is 11.3 Å². The zero-order chi connectivity index (χ0) is 25.5. The molecule has 184 valence electrons. The molecule has 4 aromatic rings. The van der Waals surface area contributed by atoms with Crippen LogP contribution in [0.25, 0.3) is 21.3 Å². The predicted octanol–water partition coefficient (Wildman–Crippen LogP) is 5.91. The first kappa shape index (κ1) is 24.9. The lowest BCUT2D eigenvalue weighted by molar-refractivity contribution is 0.0624. The van der Waals surface area contributed by atoms with Crippen LogP contribution < -0.4 is 4.72 Å². The summed E-state index contributed by atoms with van der Waals surface area (Å²) < 4.78 is 29.7. The summed E-state index contributed by atoms with van der Waals surface area (Å²) >= 11 is 8.00. The number of sulfonamides is 1. The molecule has 1 aliphatic carbocycles. The van der Waals surface area contributed by atoms with E-state index in [4.69, 9.17) is 16.9 Å². The predicted molar refractivity (Wildman–Crippen MR) is 143 cm³/mol. The quantitative estimate of drug-likeness (QED) is 0.291. The van der Waals surface area contributed by atoms with Crippen molar-refractivity contribution >= 4 is 43.0 Å². The fourth-order valence-electron chi connectivity index (χ4n) is 4.22. The van der Waals surface area contributed by atoms with E-state index in [2.05, 4.69) is 9.71 Å². The molecule has 2 aromatic carbocycles. The van der Waals surface area contributed by atoms with Crippen molar-refractivity contribution in [1.82, 2.24) is 9.71 Å². The number of aliphatic hydroxyl groups is 1. The van der Waals surface area contributed by atoms with Crippen molar-refractivity contribution in [2.24, 2.45) is 0 Å². The average molecular weight is 538 g/mol. The van der Waals surface area contributed by atoms with Crippen LogP contribution in [0.5, 0.6) is 0 Å². The molecule has 5 rings (SSSR count). The summed E-state index contributed by atoms with van der Waals surface area (Å²) in [5.41, 5.74) is 1.54. The van der Waals surface area contributed by atoms with Gasteiger partial charge in [-0.25, -0.2) is 13.1 Å². The summed E-state index contributed by atoms with van der Waals surface area (Å²) in [4.78, 5) is 5.35. The highest BCUT2D eigenvalue weighted by Crippen LogP contribution is 2.41. The highest BCUT2D eigenvalue weighted by atomic mass is 35.5. The molecule has 0 aliphatic heterocycles. The second-order valence-electron chi connectivity index (χ2n) is 9.23. The molecular formula is C27H24ClN3O3S2. The van der Waals surface area contributed by atoms with Crippen molar-refractivity contribution in [3.63, 3.8) is 0 Å². The largest absolute Gasteiger partial charge is 0.384 e. The maximum absolute atomic E-state index is 12.9. The monoisotopic (exact) mass is 537 g/mol. The van der Waals surface area contributed by atoms with Crippen LogP contribution in [-0.4, -0.2) is 23.8 Å². The Morgan fingerprint density at radius 3 is 2.72 bits per heavy atom. The molecule has 1 saturated carbocycles. The Kier molecular flexibility index (Phi) is 6.62. The number of aromatic nitrogens is 1. The maximum Gasteiger partial charge on any atom is 0.215 e. The van der Waals surface area contributed by atoms with Crippen LogP contribution in [0.1, 0.15) is 48.2 Å². The van der Waals surface area contributed by atoms with Crippen molar-refractivity contribution < 1.29 is 13.5 Å². The van der Waals surface area contributed by atoms with E-state index >= 15 is 0 Å². The summed E-state index contributed by atoms with van der Waals surface area (Å²) in [7, 11) is -3.50. The smallest absolute Gasteiger partial charge is 0.215 e. The second kappa shape index (κ2) is 9.58. The minimum Gasteiger partial charge on any atom is -0.384 e. The maximum atomic E-state index is 12.9. The van der Waals surface area contributed by atoms with Crippen LogP contribution in [-0.2, 0) is 15.6 Å². The average Bonchev–Trinajstić information content (AvgIpc) is 3.63. The van der Waals surface area contributed by atoms with Gasteiger partial charge >= 0.3 is 0 Å². The highest BCUT2D eigenvalue weighted by Gasteiger charge is 2.38. The third-order valence-corrected chi connectivity index (χ3v) is 9.90. The van der Waals surface area contributed by atoms with Crippen molar-refractivity contribution in [2.75, 3.05) is 0 Å². The lowest BCUT2D eigenvalue weighted by atomic mass is 9.92. The number of nitriles is 1. The van der Waals surface area contributed by atoms with Gasteiger partial charge in [-0.05, 0) is 60.5 Å². The molecule has 2 aromatic heterocycles. The molecular weight excluding hydrogens is 514 g/mol. The first-order valence-corrected chi connectivity index (χ1v) is 14.3. The van der Waals surface area contributed by atoms with E-state index in [9.17, 15) is 13.5 Å². The van der Waals surface area contributed by atoms with Crippen molar-refractivity contribution in [3.05, 3.63) is 87.9 Å². The number of hydrogen-bond acceptors (Lipinski definition) is 6. The fourth-order valence-corrected chi connectivity index (χ4v) is 7.32. The van der Waals surface area contributed by atoms with Gasteiger partial charge in [0.15, 0.2) is 0 Å². The van der Waals surface area contributed by atoms with E-state index in [1.807, 2.05) is 48.5 Å². The van der Waals surface area contributed by atoms with E-state index in [0.717, 1.165) is 20.5 Å². The van der Waals surface area contributed by atoms with E-state index < -0.39 is 21.7 Å². The van der Waals surface area contributed by atoms with Crippen molar-refractivity contribution in [1.29, 1.82) is 5.26 Å². The van der Waals surface area contributed by atoms with E-state index in [-0.39, 0.29) is 11.7 Å². The zero-order valence-electron chi connectivity index (χ0n) is 19.5. The highest BCUT2D eigenvalue weighted by molar-refractivity contribution is 7.90. The van der Waals surface area contributed by atoms with Gasteiger partial charge in [-0.1, -0.05) is 48.0 Å². The fraction of sp³-hybridized carbons (Fsp3) is 0.259. The van der Waals surface area contributed by atoms with Gasteiger partial charge in [0.05, 0.1) is 35.1 Å². The van der Waals surface area contributed by atoms with Crippen LogP contribution >= 0.6 is 22.9 Å². The van der Waals surface area contributed by atoms with Gasteiger partial charge in [0.25, 0.3) is 0 Å². The molecule has 0 radical (unpaired) electrons. The molecule has 9 heteroatoms. The van der Waals surface area contributed by atoms with Gasteiger partial charge in [0.1, 0.15) is 0 Å². The van der Waals surface area contributed by atoms with Gasteiger partial charge in [0, 0.05) is 26.4 Å². The summed E-state index contributed by atoms with van der Waals surface area (Å²) in [6.45, 7) is 1.61. The molecule has 0 spiro atoms. The van der Waals surface area contributed by atoms with Crippen LogP contribution in [0.3, 0.4) is 0 Å². The SMILES string of the molecule is C[C@@](O)(CC#N)c1ccnc(-c2cccc3cc(C(NS(=O)(=O)C4CC4)c4ccccc4Cl)sc23)c1. The van der Waals surface area contributed by atoms with E-state index in [1.165, 1.54) is 11.3 Å². The normalized spacial score (nSPS) is 16.4. The molecule has 0 amide bonds. The van der Waals surface area contributed by atoms with Gasteiger partial charge in [0.2, 0.25) is 10.0 Å². The first-order valence-electron chi connectivity index (χ1n) is 11.5. The Labute approximate surface area is 219 Å². The minimum atomic E-state index is -3.50. The minimum absolute atomic E-state index is 0.0372. The summed E-state index contributed by atoms with van der Waals surface area (Å²) in [5, 5.41) is 20.9. The number of thiophene rings is 1. The summed E-state index contributed by atoms with van der Waals surface area (Å²) in [6.07, 6.45) is 2.92. The Bertz CT molecular complexity index is 1590. The molecule has 1 fully saturated rings. The summed E-state index contributed by atoms with van der Waals surface area (Å²) in [6, 6.07) is 20.0. The van der Waals surface area contributed by atoms with Crippen molar-refractivity contribution in [3.8, 4) is 17.3 Å². The van der Waals surface area contributed by atoms with E-state index in [0.29, 0.717) is 34.7 Å². The third-order valence-electron chi connectivity index (χ3n) is 6.39. The number of fused-ring (bicyclic) bond motifs is 1. The van der Waals surface area contributed by atoms with Crippen LogP contribution in [0.15, 0.2) is 66.9 Å². The Morgan fingerprint density at radius 2 is 2.00 bits per heavy atom. The number of benzene rings is 2. The van der Waals surface area contributed by atoms with Crippen LogP contribution in [0.2, 0.25) is 5.02 Å². The van der Waals surface area contributed by atoms with Crippen LogP contribution in [0, 0.1) is 11.3 Å². The zero-order valence-corrected chi connectivity index (χ0v) is 21.9. The molecule has 0 saturated heterocycles. The van der Waals surface area contributed by atoms with E-state index in [1.54, 1.807) is 31.3 Å². The van der Waals surface area contributed by atoms with Crippen LogP contribution in [0.4, 0.5) is 0 Å². The standard InChI is InChI=1S/C27H24ClN3O3S2/c1-27(32,12-13-29)18-11-14-30-23(16-18)21-7-4-5-17-15-24(35-26(17)21)25(20-6-2-3-8-22(20)28)31-36(33,34)19-9-10-19/h2-8,11,14-16,19,25,31-32H,9-10,12H2,1H3/t25?,27-/m1/s1. The lowest BCUT2D eigenvalue weighted by Gasteiger charge is -2.20. The third kappa shape index (κ3) is 4.90. The van der Waals surface area contributed by atoms with Crippen molar-refractivity contribution in [2.45, 2.75) is 43.1 Å². The molecule has 6 nitrogen and oxygen atoms in total. The molecule has 0 bridgehead atoms. The number of hydrogen-bond donors (Lipinski definition) is 2. The summed E-state index contributed by atoms with van der Waals surface area (Å²) in [5.74, 6) is 0. The first-order chi connectivity index (χ1) is 17.2. The number of nitrogens with zero attached hydrogens (tertiary/aromatic N) is 2. The number of pyridine rings is 1. The molecule has 2 N–H and O–H groups in total. The van der Waals surface area contributed by atoms with Gasteiger partial charge in [-0.3, -0.25) is 4.98 Å². The molecule has 1 unspecified atom stereocenters. The number of nitrogens with one attached hydrogen (secondary N) is 1. The van der Waals surface area contributed by atoms with Gasteiger partial charge in [-0.2, -0.15) is 5.26 Å². The molecule has 1 aliphatic rings. The molecule has 2 atom stereocenters. The Balaban J connectivity index is 1.61. The Hall–Kier alpha value is -2.80. The topological polar surface area (TPSA) is 103 Å². The number of halogens is 1. The second-order valence-corrected chi connectivity index (χ2v) is 12.7. The lowest BCUT2D eigenvalue weighted by Crippen LogP contribution is -2.31. The molecule has 36 heavy (non-hydrogen) atoms. The molecule has 2 heterocycles. The Morgan fingerprint density at radius 1 is 1.22 bits per heavy atom.